The first-order valence-corrected chi connectivity index (χ1v) is 4.22. The van der Waals surface area contributed by atoms with Crippen LogP contribution in [0.3, 0.4) is 0 Å². The van der Waals surface area contributed by atoms with E-state index in [1.807, 2.05) is 0 Å². The normalized spacial score (nSPS) is 28.0. The van der Waals surface area contributed by atoms with Crippen LogP contribution >= 0.6 is 0 Å². The van der Waals surface area contributed by atoms with E-state index in [0.29, 0.717) is 0 Å². The molecule has 0 aromatic heterocycles. The van der Waals surface area contributed by atoms with Crippen molar-refractivity contribution in [3.05, 3.63) is 23.3 Å². The second-order valence-corrected chi connectivity index (χ2v) is 3.83. The summed E-state index contributed by atoms with van der Waals surface area (Å²) in [5.74, 6) is 0. The Hall–Kier alpha value is -0.303. The predicted molar refractivity (Wildman–Crippen MR) is 41.2 cm³/mol. The minimum atomic E-state index is 0.829. The Morgan fingerprint density at radius 3 is 2.25 bits per heavy atom. The van der Waals surface area contributed by atoms with Crippen molar-refractivity contribution in [2.24, 2.45) is 0 Å². The molecule has 1 heteroatoms. The van der Waals surface area contributed by atoms with Gasteiger partial charge in [0.2, 0.25) is 0 Å². The first-order valence-electron chi connectivity index (χ1n) is 3.07. The number of allylic oxidation sites excluding steroid dienone is 4. The highest BCUT2D eigenvalue weighted by Crippen LogP contribution is 2.24. The molecule has 1 rings (SSSR count). The molecule has 0 bridgehead atoms. The van der Waals surface area contributed by atoms with Crippen molar-refractivity contribution in [2.75, 3.05) is 0 Å². The molecule has 44 valence electrons. The summed E-state index contributed by atoms with van der Waals surface area (Å²) < 4.78 is 0. The Bertz CT molecular complexity index is 154. The molecular weight excluding hydrogens is 112 g/mol. The van der Waals surface area contributed by atoms with Crippen molar-refractivity contribution in [1.29, 1.82) is 0 Å². The molecule has 0 amide bonds. The van der Waals surface area contributed by atoms with Gasteiger partial charge in [0.05, 0.1) is 0 Å². The van der Waals surface area contributed by atoms with Gasteiger partial charge in [0.15, 0.2) is 0 Å². The Balaban J connectivity index is 2.78. The standard InChI is InChI=1S/C7H12Si/c1-5-3-6(2)7(8)4-5/h3-4,7H,1-2,8H3. The Morgan fingerprint density at radius 1 is 1.50 bits per heavy atom. The first-order chi connectivity index (χ1) is 3.70. The van der Waals surface area contributed by atoms with Gasteiger partial charge in [-0.1, -0.05) is 23.3 Å². The first kappa shape index (κ1) is 5.83. The molecule has 0 fully saturated rings. The van der Waals surface area contributed by atoms with Crippen molar-refractivity contribution in [3.63, 3.8) is 0 Å². The highest BCUT2D eigenvalue weighted by atomic mass is 28.1. The Labute approximate surface area is 53.7 Å². The summed E-state index contributed by atoms with van der Waals surface area (Å²) in [6.45, 7) is 4.38. The van der Waals surface area contributed by atoms with Gasteiger partial charge in [-0.3, -0.25) is 0 Å². The van der Waals surface area contributed by atoms with E-state index in [2.05, 4.69) is 26.0 Å². The summed E-state index contributed by atoms with van der Waals surface area (Å²) in [7, 11) is 1.28. The maximum Gasteiger partial charge on any atom is 0.0166 e. The molecule has 0 nitrogen and oxygen atoms in total. The van der Waals surface area contributed by atoms with E-state index < -0.39 is 0 Å². The molecule has 8 heavy (non-hydrogen) atoms. The number of rotatable bonds is 0. The van der Waals surface area contributed by atoms with Crippen LogP contribution in [0.5, 0.6) is 0 Å². The van der Waals surface area contributed by atoms with Gasteiger partial charge in [-0.25, -0.2) is 0 Å². The quantitative estimate of drug-likeness (QED) is 0.423. The SMILES string of the molecule is CC1=CC([SiH3])C(C)=C1. The second-order valence-electron chi connectivity index (χ2n) is 2.59. The van der Waals surface area contributed by atoms with Gasteiger partial charge in [-0.2, -0.15) is 0 Å². The monoisotopic (exact) mass is 124 g/mol. The fourth-order valence-electron chi connectivity index (χ4n) is 1.06. The van der Waals surface area contributed by atoms with E-state index in [0.717, 1.165) is 5.54 Å². The topological polar surface area (TPSA) is 0 Å². The molecule has 0 aromatic rings. The Kier molecular flexibility index (Phi) is 1.38. The van der Waals surface area contributed by atoms with Crippen LogP contribution in [0.4, 0.5) is 0 Å². The van der Waals surface area contributed by atoms with E-state index in [4.69, 9.17) is 0 Å². The van der Waals surface area contributed by atoms with Gasteiger partial charge < -0.3 is 0 Å². The Morgan fingerprint density at radius 2 is 2.12 bits per heavy atom. The van der Waals surface area contributed by atoms with Gasteiger partial charge in [-0.15, -0.1) is 0 Å². The molecule has 0 heterocycles. The van der Waals surface area contributed by atoms with E-state index in [1.165, 1.54) is 15.8 Å². The third-order valence-electron chi connectivity index (χ3n) is 1.69. The zero-order valence-corrected chi connectivity index (χ0v) is 7.73. The number of hydrogen-bond acceptors (Lipinski definition) is 0. The second kappa shape index (κ2) is 1.90. The zero-order chi connectivity index (χ0) is 6.15. The minimum absolute atomic E-state index is 0.829. The lowest BCUT2D eigenvalue weighted by atomic mass is 10.3. The molecule has 0 radical (unpaired) electrons. The molecule has 0 spiro atoms. The van der Waals surface area contributed by atoms with Crippen molar-refractivity contribution >= 4 is 10.2 Å². The van der Waals surface area contributed by atoms with E-state index >= 15 is 0 Å². The van der Waals surface area contributed by atoms with Crippen LogP contribution in [0.2, 0.25) is 5.54 Å². The molecule has 0 saturated heterocycles. The lowest BCUT2D eigenvalue weighted by molar-refractivity contribution is 1.24. The highest BCUT2D eigenvalue weighted by Gasteiger charge is 2.05. The average molecular weight is 124 g/mol. The zero-order valence-electron chi connectivity index (χ0n) is 5.73. The summed E-state index contributed by atoms with van der Waals surface area (Å²) >= 11 is 0. The van der Waals surface area contributed by atoms with Crippen LogP contribution in [0.15, 0.2) is 23.3 Å². The van der Waals surface area contributed by atoms with E-state index in [-0.39, 0.29) is 0 Å². The molecule has 1 atom stereocenters. The molecule has 0 saturated carbocycles. The molecule has 1 aliphatic carbocycles. The van der Waals surface area contributed by atoms with Crippen LogP contribution in [0.25, 0.3) is 0 Å². The predicted octanol–water partition coefficient (Wildman–Crippen LogP) is 1.05. The van der Waals surface area contributed by atoms with E-state index in [1.54, 1.807) is 5.57 Å². The maximum absolute atomic E-state index is 2.35. The van der Waals surface area contributed by atoms with Crippen molar-refractivity contribution in [2.45, 2.75) is 19.4 Å². The average Bonchev–Trinajstić information content (AvgIpc) is 1.85. The molecule has 1 unspecified atom stereocenters. The molecule has 1 aliphatic rings. The van der Waals surface area contributed by atoms with Gasteiger partial charge in [0.25, 0.3) is 0 Å². The number of hydrogen-bond donors (Lipinski definition) is 0. The molecule has 0 aliphatic heterocycles. The summed E-state index contributed by atoms with van der Waals surface area (Å²) in [6.07, 6.45) is 4.62. The largest absolute Gasteiger partial charge is 0.0782 e. The third-order valence-corrected chi connectivity index (χ3v) is 2.93. The van der Waals surface area contributed by atoms with Crippen molar-refractivity contribution in [1.82, 2.24) is 0 Å². The summed E-state index contributed by atoms with van der Waals surface area (Å²) in [5.41, 5.74) is 3.83. The van der Waals surface area contributed by atoms with Crippen LogP contribution in [0.1, 0.15) is 13.8 Å². The fraction of sp³-hybridized carbons (Fsp3) is 0.429. The third kappa shape index (κ3) is 0.919. The summed E-state index contributed by atoms with van der Waals surface area (Å²) in [6, 6.07) is 0. The molecule has 0 N–H and O–H groups in total. The lowest BCUT2D eigenvalue weighted by Crippen LogP contribution is -1.82. The van der Waals surface area contributed by atoms with Gasteiger partial charge >= 0.3 is 0 Å². The summed E-state index contributed by atoms with van der Waals surface area (Å²) in [5, 5.41) is 0. The van der Waals surface area contributed by atoms with Crippen LogP contribution < -0.4 is 0 Å². The fourth-order valence-corrected chi connectivity index (χ4v) is 1.76. The molecule has 0 aromatic carbocycles. The molecular formula is C7H12Si. The van der Waals surface area contributed by atoms with Gasteiger partial charge in [-0.05, 0) is 19.4 Å². The van der Waals surface area contributed by atoms with Crippen LogP contribution in [-0.2, 0) is 0 Å². The lowest BCUT2D eigenvalue weighted by Gasteiger charge is -1.96. The minimum Gasteiger partial charge on any atom is -0.0782 e. The maximum atomic E-state index is 2.35. The van der Waals surface area contributed by atoms with Crippen molar-refractivity contribution in [3.8, 4) is 0 Å². The highest BCUT2D eigenvalue weighted by molar-refractivity contribution is 6.15. The van der Waals surface area contributed by atoms with E-state index in [9.17, 15) is 0 Å². The summed E-state index contributed by atoms with van der Waals surface area (Å²) in [4.78, 5) is 0. The van der Waals surface area contributed by atoms with Gasteiger partial charge in [0, 0.05) is 10.2 Å². The smallest absolute Gasteiger partial charge is 0.0166 e. The van der Waals surface area contributed by atoms with Gasteiger partial charge in [0.1, 0.15) is 0 Å². The van der Waals surface area contributed by atoms with Crippen LogP contribution in [0, 0.1) is 0 Å². The van der Waals surface area contributed by atoms with Crippen LogP contribution in [-0.4, -0.2) is 10.2 Å². The van der Waals surface area contributed by atoms with Crippen molar-refractivity contribution < 1.29 is 0 Å².